The maximum Gasteiger partial charge on any atom is 0.250 e. The fourth-order valence-electron chi connectivity index (χ4n) is 2.52. The lowest BCUT2D eigenvalue weighted by atomic mass is 10.1. The van der Waals surface area contributed by atoms with Gasteiger partial charge in [-0.15, -0.1) is 35.3 Å². The van der Waals surface area contributed by atoms with Crippen molar-refractivity contribution in [3.63, 3.8) is 0 Å². The van der Waals surface area contributed by atoms with Gasteiger partial charge in [0.05, 0.1) is 4.34 Å². The Labute approximate surface area is 196 Å². The number of hydrogen-bond acceptors (Lipinski definition) is 6. The molecule has 0 amide bonds. The van der Waals surface area contributed by atoms with Crippen LogP contribution in [0.2, 0.25) is 4.34 Å². The molecule has 2 heterocycles. The minimum Gasteiger partial charge on any atom is -0.454 e. The number of rotatable bonds is 8. The van der Waals surface area contributed by atoms with Crippen LogP contribution in [-0.4, -0.2) is 47.9 Å². The van der Waals surface area contributed by atoms with Crippen molar-refractivity contribution < 1.29 is 17.9 Å². The molecule has 1 aromatic heterocycles. The maximum atomic E-state index is 12.1. The van der Waals surface area contributed by atoms with Crippen molar-refractivity contribution in [1.82, 2.24) is 15.4 Å². The summed E-state index contributed by atoms with van der Waals surface area (Å²) >= 11 is 6.81. The van der Waals surface area contributed by atoms with E-state index in [9.17, 15) is 8.42 Å². The molecular formula is C17H22ClIN4O4S2. The van der Waals surface area contributed by atoms with Crippen molar-refractivity contribution in [2.75, 3.05) is 33.5 Å². The van der Waals surface area contributed by atoms with Gasteiger partial charge in [-0.05, 0) is 36.2 Å². The number of aliphatic imine (C=N–C) groups is 1. The summed E-state index contributed by atoms with van der Waals surface area (Å²) in [5, 5.41) is 6.26. The van der Waals surface area contributed by atoms with E-state index in [0.717, 1.165) is 34.8 Å². The van der Waals surface area contributed by atoms with Gasteiger partial charge in [-0.3, -0.25) is 4.99 Å². The molecule has 3 rings (SSSR count). The van der Waals surface area contributed by atoms with E-state index in [1.54, 1.807) is 13.1 Å². The van der Waals surface area contributed by atoms with E-state index < -0.39 is 10.0 Å². The molecule has 1 aliphatic heterocycles. The molecule has 3 N–H and O–H groups in total. The molecule has 2 aromatic rings. The Morgan fingerprint density at radius 1 is 1.14 bits per heavy atom. The van der Waals surface area contributed by atoms with Crippen molar-refractivity contribution in [3.05, 3.63) is 40.2 Å². The molecule has 0 unspecified atom stereocenters. The second-order valence-corrected chi connectivity index (χ2v) is 9.53. The van der Waals surface area contributed by atoms with Gasteiger partial charge in [-0.25, -0.2) is 13.1 Å². The minimum atomic E-state index is -3.54. The number of halogens is 2. The minimum absolute atomic E-state index is 0. The largest absolute Gasteiger partial charge is 0.454 e. The summed E-state index contributed by atoms with van der Waals surface area (Å²) in [6.07, 6.45) is 0.781. The van der Waals surface area contributed by atoms with Crippen molar-refractivity contribution in [3.8, 4) is 11.5 Å². The van der Waals surface area contributed by atoms with E-state index in [4.69, 9.17) is 21.1 Å². The lowest BCUT2D eigenvalue weighted by molar-refractivity contribution is 0.174. The summed E-state index contributed by atoms with van der Waals surface area (Å²) in [4.78, 5) is 4.13. The smallest absolute Gasteiger partial charge is 0.250 e. The first-order valence-corrected chi connectivity index (χ1v) is 11.2. The van der Waals surface area contributed by atoms with Crippen LogP contribution in [0.25, 0.3) is 0 Å². The Bertz CT molecular complexity index is 953. The average Bonchev–Trinajstić information content (AvgIpc) is 3.32. The second-order valence-electron chi connectivity index (χ2n) is 5.82. The Morgan fingerprint density at radius 3 is 2.62 bits per heavy atom. The van der Waals surface area contributed by atoms with E-state index in [0.29, 0.717) is 23.4 Å². The Kier molecular flexibility index (Phi) is 9.27. The third-order valence-electron chi connectivity index (χ3n) is 3.89. The molecule has 1 aromatic carbocycles. The Balaban J connectivity index is 0.00000300. The van der Waals surface area contributed by atoms with Crippen LogP contribution in [0, 0.1) is 0 Å². The quantitative estimate of drug-likeness (QED) is 0.194. The number of ether oxygens (including phenoxy) is 2. The molecular weight excluding hydrogens is 551 g/mol. The first-order chi connectivity index (χ1) is 13.5. The molecule has 0 saturated heterocycles. The number of nitrogens with zero attached hydrogens (tertiary/aromatic N) is 1. The van der Waals surface area contributed by atoms with Crippen molar-refractivity contribution in [2.24, 2.45) is 4.99 Å². The van der Waals surface area contributed by atoms with Gasteiger partial charge in [0.1, 0.15) is 4.21 Å². The SMILES string of the molecule is CN=C(NCCNS(=O)(=O)c1ccc(Cl)s1)NCCc1ccc2c(c1)OCO2.I. The summed E-state index contributed by atoms with van der Waals surface area (Å²) in [5.74, 6) is 2.12. The fourth-order valence-corrected chi connectivity index (χ4v) is 5.08. The monoisotopic (exact) mass is 572 g/mol. The normalized spacial score (nSPS) is 13.1. The Hall–Kier alpha value is -1.28. The molecule has 160 valence electrons. The zero-order valence-electron chi connectivity index (χ0n) is 15.6. The van der Waals surface area contributed by atoms with E-state index in [1.807, 2.05) is 18.2 Å². The van der Waals surface area contributed by atoms with Crippen LogP contribution >= 0.6 is 46.9 Å². The molecule has 0 saturated carbocycles. The van der Waals surface area contributed by atoms with Gasteiger partial charge in [0.2, 0.25) is 16.8 Å². The van der Waals surface area contributed by atoms with Crippen LogP contribution in [0.15, 0.2) is 39.5 Å². The molecule has 29 heavy (non-hydrogen) atoms. The van der Waals surface area contributed by atoms with Gasteiger partial charge < -0.3 is 20.1 Å². The predicted molar refractivity (Wildman–Crippen MR) is 126 cm³/mol. The number of fused-ring (bicyclic) bond motifs is 1. The predicted octanol–water partition coefficient (Wildman–Crippen LogP) is 2.43. The highest BCUT2D eigenvalue weighted by atomic mass is 127. The van der Waals surface area contributed by atoms with Crippen LogP contribution in [0.1, 0.15) is 5.56 Å². The number of nitrogens with one attached hydrogen (secondary N) is 3. The van der Waals surface area contributed by atoms with Gasteiger partial charge >= 0.3 is 0 Å². The summed E-state index contributed by atoms with van der Waals surface area (Å²) in [7, 11) is -1.88. The average molecular weight is 573 g/mol. The van der Waals surface area contributed by atoms with Crippen molar-refractivity contribution in [1.29, 1.82) is 0 Å². The number of hydrogen-bond donors (Lipinski definition) is 3. The fraction of sp³-hybridized carbons (Fsp3) is 0.353. The van der Waals surface area contributed by atoms with Crippen molar-refractivity contribution in [2.45, 2.75) is 10.6 Å². The molecule has 12 heteroatoms. The van der Waals surface area contributed by atoms with Gasteiger partial charge in [-0.2, -0.15) is 0 Å². The topological polar surface area (TPSA) is 101 Å². The van der Waals surface area contributed by atoms with Gasteiger partial charge in [-0.1, -0.05) is 17.7 Å². The summed E-state index contributed by atoms with van der Waals surface area (Å²) in [5.41, 5.74) is 1.12. The molecule has 0 bridgehead atoms. The summed E-state index contributed by atoms with van der Waals surface area (Å²) in [6, 6.07) is 8.91. The molecule has 0 atom stereocenters. The molecule has 0 radical (unpaired) electrons. The van der Waals surface area contributed by atoms with E-state index in [1.165, 1.54) is 6.07 Å². The van der Waals surface area contributed by atoms with Crippen LogP contribution < -0.4 is 24.8 Å². The zero-order valence-corrected chi connectivity index (χ0v) is 20.3. The lowest BCUT2D eigenvalue weighted by Crippen LogP contribution is -2.42. The third-order valence-corrected chi connectivity index (χ3v) is 7.07. The zero-order chi connectivity index (χ0) is 20.0. The molecule has 0 fully saturated rings. The van der Waals surface area contributed by atoms with E-state index >= 15 is 0 Å². The summed E-state index contributed by atoms with van der Waals surface area (Å²) < 4.78 is 38.1. The highest BCUT2D eigenvalue weighted by molar-refractivity contribution is 14.0. The number of sulfonamides is 1. The number of guanidine groups is 1. The molecule has 0 spiro atoms. The van der Waals surface area contributed by atoms with Gasteiger partial charge in [0.25, 0.3) is 0 Å². The summed E-state index contributed by atoms with van der Waals surface area (Å²) in [6.45, 7) is 1.54. The number of benzene rings is 1. The van der Waals surface area contributed by atoms with Crippen molar-refractivity contribution >= 4 is 62.9 Å². The van der Waals surface area contributed by atoms with Crippen LogP contribution in [0.5, 0.6) is 11.5 Å². The first-order valence-electron chi connectivity index (χ1n) is 8.56. The lowest BCUT2D eigenvalue weighted by Gasteiger charge is -2.12. The maximum absolute atomic E-state index is 12.1. The third kappa shape index (κ3) is 6.88. The highest BCUT2D eigenvalue weighted by Gasteiger charge is 2.16. The second kappa shape index (κ2) is 11.2. The Morgan fingerprint density at radius 2 is 1.90 bits per heavy atom. The highest BCUT2D eigenvalue weighted by Crippen LogP contribution is 2.32. The molecule has 8 nitrogen and oxygen atoms in total. The van der Waals surface area contributed by atoms with Crippen LogP contribution in [0.3, 0.4) is 0 Å². The molecule has 0 aliphatic carbocycles. The van der Waals surface area contributed by atoms with E-state index in [-0.39, 0.29) is 41.5 Å². The van der Waals surface area contributed by atoms with Crippen LogP contribution in [-0.2, 0) is 16.4 Å². The van der Waals surface area contributed by atoms with Crippen LogP contribution in [0.4, 0.5) is 0 Å². The standard InChI is InChI=1S/C17H21ClN4O4S2.HI/c1-19-17(20-7-6-12-2-3-13-14(10-12)26-11-25-13)21-8-9-22-28(23,24)16-5-4-15(18)27-16;/h2-5,10,22H,6-9,11H2,1H3,(H2,19,20,21);1H. The number of thiophene rings is 1. The van der Waals surface area contributed by atoms with Gasteiger partial charge in [0.15, 0.2) is 17.5 Å². The molecule has 1 aliphatic rings. The van der Waals surface area contributed by atoms with Gasteiger partial charge in [0, 0.05) is 26.7 Å². The van der Waals surface area contributed by atoms with E-state index in [2.05, 4.69) is 20.3 Å². The first kappa shape index (κ1) is 24.0.